The topological polar surface area (TPSA) is 106 Å². The molecule has 2 aromatic rings. The van der Waals surface area contributed by atoms with Crippen LogP contribution >= 0.6 is 11.3 Å². The predicted molar refractivity (Wildman–Crippen MR) is 111 cm³/mol. The number of hydrogen-bond acceptors (Lipinski definition) is 6. The maximum Gasteiger partial charge on any atom is 0.277 e. The molecule has 2 amide bonds. The normalized spacial score (nSPS) is 15.6. The van der Waals surface area contributed by atoms with Crippen LogP contribution < -0.4 is 10.5 Å². The van der Waals surface area contributed by atoms with Crippen LogP contribution in [0.1, 0.15) is 45.9 Å². The van der Waals surface area contributed by atoms with E-state index in [0.29, 0.717) is 43.0 Å². The molecule has 1 aliphatic heterocycles. The van der Waals surface area contributed by atoms with Crippen molar-refractivity contribution in [2.24, 2.45) is 5.73 Å². The lowest BCUT2D eigenvalue weighted by Gasteiger charge is -2.10. The van der Waals surface area contributed by atoms with E-state index in [0.717, 1.165) is 16.9 Å². The monoisotopic (exact) mass is 413 g/mol. The Bertz CT molecular complexity index is 976. The number of nitrogens with two attached hydrogens (primary N) is 1. The van der Waals surface area contributed by atoms with Crippen molar-refractivity contribution in [2.45, 2.75) is 31.8 Å². The molecular formula is C21H23N3O4S. The van der Waals surface area contributed by atoms with Crippen molar-refractivity contribution in [1.82, 2.24) is 9.88 Å². The highest BCUT2D eigenvalue weighted by atomic mass is 32.1. The predicted octanol–water partition coefficient (Wildman–Crippen LogP) is 1.99. The van der Waals surface area contributed by atoms with Gasteiger partial charge in [-0.15, -0.1) is 11.3 Å². The lowest BCUT2D eigenvalue weighted by molar-refractivity contribution is -0.117. The minimum atomic E-state index is -0.776. The lowest BCUT2D eigenvalue weighted by atomic mass is 10.0. The van der Waals surface area contributed by atoms with E-state index >= 15 is 0 Å². The fourth-order valence-corrected chi connectivity index (χ4v) is 3.97. The molecule has 1 aromatic heterocycles. The van der Waals surface area contributed by atoms with Crippen LogP contribution in [0.3, 0.4) is 0 Å². The molecule has 0 spiro atoms. The number of rotatable bonds is 6. The summed E-state index contributed by atoms with van der Waals surface area (Å²) in [6.07, 6.45) is 1.13. The molecule has 8 heteroatoms. The smallest absolute Gasteiger partial charge is 0.277 e. The Morgan fingerprint density at radius 1 is 1.55 bits per heavy atom. The van der Waals surface area contributed by atoms with Gasteiger partial charge in [0, 0.05) is 35.5 Å². The van der Waals surface area contributed by atoms with Crippen molar-refractivity contribution in [3.05, 3.63) is 33.6 Å². The van der Waals surface area contributed by atoms with E-state index in [1.807, 2.05) is 25.1 Å². The van der Waals surface area contributed by atoms with Gasteiger partial charge < -0.3 is 20.5 Å². The first kappa shape index (κ1) is 20.8. The summed E-state index contributed by atoms with van der Waals surface area (Å²) in [7, 11) is 1.69. The van der Waals surface area contributed by atoms with Crippen LogP contribution in [0, 0.1) is 11.8 Å². The largest absolute Gasteiger partial charge is 0.492 e. The molecule has 29 heavy (non-hydrogen) atoms. The van der Waals surface area contributed by atoms with Gasteiger partial charge in [-0.1, -0.05) is 18.8 Å². The zero-order valence-corrected chi connectivity index (χ0v) is 17.2. The SMILES string of the molecule is C[C@H]1COc2ccc(C#CC(O)CCCN(C)C=O)cc2-c2nc(C(N)=O)sc21. The number of carbonyl (C=O) groups excluding carboxylic acids is 2. The van der Waals surface area contributed by atoms with E-state index in [2.05, 4.69) is 16.8 Å². The van der Waals surface area contributed by atoms with E-state index in [-0.39, 0.29) is 10.9 Å². The van der Waals surface area contributed by atoms with Crippen molar-refractivity contribution in [3.63, 3.8) is 0 Å². The van der Waals surface area contributed by atoms with Gasteiger partial charge in [-0.2, -0.15) is 0 Å². The number of amides is 2. The van der Waals surface area contributed by atoms with E-state index in [1.165, 1.54) is 16.2 Å². The summed E-state index contributed by atoms with van der Waals surface area (Å²) < 4.78 is 5.89. The summed E-state index contributed by atoms with van der Waals surface area (Å²) in [5.74, 6) is 6.04. The van der Waals surface area contributed by atoms with Gasteiger partial charge in [-0.25, -0.2) is 4.98 Å². The number of aromatic nitrogens is 1. The number of ether oxygens (including phenoxy) is 1. The average Bonchev–Trinajstić information content (AvgIpc) is 3.11. The van der Waals surface area contributed by atoms with Crippen molar-refractivity contribution in [3.8, 4) is 28.8 Å². The summed E-state index contributed by atoms with van der Waals surface area (Å²) in [6, 6.07) is 5.52. The first-order chi connectivity index (χ1) is 13.9. The number of benzene rings is 1. The number of thiazole rings is 1. The Hall–Kier alpha value is -2.89. The number of aliphatic hydroxyl groups excluding tert-OH is 1. The van der Waals surface area contributed by atoms with Crippen molar-refractivity contribution in [2.75, 3.05) is 20.2 Å². The molecule has 0 saturated carbocycles. The van der Waals surface area contributed by atoms with Crippen LogP contribution in [0.25, 0.3) is 11.3 Å². The van der Waals surface area contributed by atoms with Gasteiger partial charge in [0.25, 0.3) is 5.91 Å². The highest BCUT2D eigenvalue weighted by molar-refractivity contribution is 7.14. The molecule has 2 atom stereocenters. The molecule has 3 N–H and O–H groups in total. The second-order valence-electron chi connectivity index (χ2n) is 7.03. The molecule has 2 heterocycles. The summed E-state index contributed by atoms with van der Waals surface area (Å²) in [5.41, 5.74) is 7.59. The Labute approximate surface area is 173 Å². The second kappa shape index (κ2) is 9.07. The van der Waals surface area contributed by atoms with Crippen LogP contribution in [0.4, 0.5) is 0 Å². The summed E-state index contributed by atoms with van der Waals surface area (Å²) in [4.78, 5) is 29.1. The fourth-order valence-electron chi connectivity index (χ4n) is 3.00. The van der Waals surface area contributed by atoms with E-state index in [1.54, 1.807) is 7.05 Å². The van der Waals surface area contributed by atoms with Crippen molar-refractivity contribution < 1.29 is 19.4 Å². The lowest BCUT2D eigenvalue weighted by Crippen LogP contribution is -2.18. The van der Waals surface area contributed by atoms with E-state index in [9.17, 15) is 14.7 Å². The fraction of sp³-hybridized carbons (Fsp3) is 0.381. The van der Waals surface area contributed by atoms with Gasteiger partial charge in [-0.3, -0.25) is 9.59 Å². The van der Waals surface area contributed by atoms with Crippen molar-refractivity contribution in [1.29, 1.82) is 0 Å². The zero-order chi connectivity index (χ0) is 21.0. The number of primary amides is 1. The third kappa shape index (κ3) is 4.94. The molecule has 0 fully saturated rings. The number of nitrogens with zero attached hydrogens (tertiary/aromatic N) is 2. The number of hydrogen-bond donors (Lipinski definition) is 2. The van der Waals surface area contributed by atoms with Crippen LogP contribution in [0.15, 0.2) is 18.2 Å². The quantitative estimate of drug-likeness (QED) is 0.556. The Morgan fingerprint density at radius 3 is 3.07 bits per heavy atom. The van der Waals surface area contributed by atoms with E-state index in [4.69, 9.17) is 10.5 Å². The van der Waals surface area contributed by atoms with Gasteiger partial charge in [-0.05, 0) is 31.0 Å². The second-order valence-corrected chi connectivity index (χ2v) is 8.06. The van der Waals surface area contributed by atoms with E-state index < -0.39 is 12.0 Å². The zero-order valence-electron chi connectivity index (χ0n) is 16.3. The summed E-state index contributed by atoms with van der Waals surface area (Å²) in [6.45, 7) is 3.08. The summed E-state index contributed by atoms with van der Waals surface area (Å²) in [5, 5.41) is 10.3. The molecule has 1 unspecified atom stereocenters. The first-order valence-corrected chi connectivity index (χ1v) is 10.1. The number of aliphatic hydroxyl groups is 1. The Morgan fingerprint density at radius 2 is 2.34 bits per heavy atom. The average molecular weight is 413 g/mol. The molecule has 0 bridgehead atoms. The minimum absolute atomic E-state index is 0.0869. The van der Waals surface area contributed by atoms with Crippen LogP contribution in [-0.2, 0) is 4.79 Å². The first-order valence-electron chi connectivity index (χ1n) is 9.32. The van der Waals surface area contributed by atoms with Gasteiger partial charge >= 0.3 is 0 Å². The van der Waals surface area contributed by atoms with Crippen molar-refractivity contribution >= 4 is 23.7 Å². The summed E-state index contributed by atoms with van der Waals surface area (Å²) >= 11 is 1.30. The standard InChI is InChI=1S/C21H23N3O4S/c1-13-11-28-17-8-6-14(5-7-15(26)4-3-9-24(2)12-25)10-16(17)18-19(13)29-21(23-18)20(22)27/h6,8,10,12-13,15,26H,3-4,9,11H2,1-2H3,(H2,22,27)/t13-,15?/m0/s1. The number of fused-ring (bicyclic) bond motifs is 3. The van der Waals surface area contributed by atoms with Crippen LogP contribution in [-0.4, -0.2) is 53.6 Å². The molecule has 3 rings (SSSR count). The van der Waals surface area contributed by atoms with Crippen LogP contribution in [0.2, 0.25) is 0 Å². The van der Waals surface area contributed by atoms with Gasteiger partial charge in [0.05, 0.1) is 12.3 Å². The molecule has 0 saturated heterocycles. The third-order valence-corrected chi connectivity index (χ3v) is 5.89. The molecule has 0 aliphatic carbocycles. The Kier molecular flexibility index (Phi) is 6.52. The molecule has 0 radical (unpaired) electrons. The maximum absolute atomic E-state index is 11.6. The highest BCUT2D eigenvalue weighted by Gasteiger charge is 2.26. The molecule has 1 aliphatic rings. The minimum Gasteiger partial charge on any atom is -0.492 e. The Balaban J connectivity index is 1.83. The molecule has 1 aromatic carbocycles. The molecular weight excluding hydrogens is 390 g/mol. The molecule has 152 valence electrons. The van der Waals surface area contributed by atoms with Gasteiger partial charge in [0.1, 0.15) is 11.9 Å². The van der Waals surface area contributed by atoms with Gasteiger partial charge in [0.2, 0.25) is 6.41 Å². The van der Waals surface area contributed by atoms with Crippen LogP contribution in [0.5, 0.6) is 5.75 Å². The maximum atomic E-state index is 11.6. The van der Waals surface area contributed by atoms with Gasteiger partial charge in [0.15, 0.2) is 5.01 Å². The number of carbonyl (C=O) groups is 2. The highest BCUT2D eigenvalue weighted by Crippen LogP contribution is 2.41. The molecule has 7 nitrogen and oxygen atoms in total. The third-order valence-electron chi connectivity index (χ3n) is 4.59.